The van der Waals surface area contributed by atoms with Gasteiger partial charge < -0.3 is 0 Å². The molecule has 0 N–H and O–H groups in total. The highest BCUT2D eigenvalue weighted by atomic mass is 79.9. The van der Waals surface area contributed by atoms with E-state index < -0.39 is 0 Å². The van der Waals surface area contributed by atoms with Crippen LogP contribution in [0.25, 0.3) is 0 Å². The standard InChI is InChI=1S/C15H27Br/c1-2-3-4-5-6-7-8-9-10-11-12-13-14-15-16/h6-7,9-10H,2-5,8,11-15H2,1H3/b7-6-,10-9-. The quantitative estimate of drug-likeness (QED) is 0.247. The maximum atomic E-state index is 3.45. The average Bonchev–Trinajstić information content (AvgIpc) is 2.31. The summed E-state index contributed by atoms with van der Waals surface area (Å²) in [7, 11) is 0. The lowest BCUT2D eigenvalue weighted by molar-refractivity contribution is 0.728. The second-order valence-corrected chi connectivity index (χ2v) is 5.01. The molecule has 0 spiro atoms. The van der Waals surface area contributed by atoms with Crippen molar-refractivity contribution in [1.82, 2.24) is 0 Å². The fraction of sp³-hybridized carbons (Fsp3) is 0.733. The van der Waals surface area contributed by atoms with Gasteiger partial charge in [0.25, 0.3) is 0 Å². The second kappa shape index (κ2) is 15.0. The van der Waals surface area contributed by atoms with Gasteiger partial charge in [-0.25, -0.2) is 0 Å². The van der Waals surface area contributed by atoms with Gasteiger partial charge in [-0.15, -0.1) is 0 Å². The van der Waals surface area contributed by atoms with Crippen LogP contribution in [0.4, 0.5) is 0 Å². The van der Waals surface area contributed by atoms with Gasteiger partial charge >= 0.3 is 0 Å². The largest absolute Gasteiger partial charge is 0.0928 e. The molecule has 0 aliphatic heterocycles. The highest BCUT2D eigenvalue weighted by Gasteiger charge is 1.84. The highest BCUT2D eigenvalue weighted by Crippen LogP contribution is 2.04. The van der Waals surface area contributed by atoms with Crippen LogP contribution in [0, 0.1) is 0 Å². The first-order valence-electron chi connectivity index (χ1n) is 6.77. The van der Waals surface area contributed by atoms with Gasteiger partial charge in [-0.1, -0.05) is 66.4 Å². The molecule has 0 saturated heterocycles. The number of unbranched alkanes of at least 4 members (excludes halogenated alkanes) is 6. The van der Waals surface area contributed by atoms with Crippen LogP contribution in [0.15, 0.2) is 24.3 Å². The van der Waals surface area contributed by atoms with Crippen molar-refractivity contribution >= 4 is 15.9 Å². The third-order valence-electron chi connectivity index (χ3n) is 2.58. The van der Waals surface area contributed by atoms with E-state index in [-0.39, 0.29) is 0 Å². The van der Waals surface area contributed by atoms with E-state index in [9.17, 15) is 0 Å². The summed E-state index contributed by atoms with van der Waals surface area (Å²) in [6.07, 6.45) is 20.9. The summed E-state index contributed by atoms with van der Waals surface area (Å²) >= 11 is 3.45. The van der Waals surface area contributed by atoms with E-state index in [4.69, 9.17) is 0 Å². The van der Waals surface area contributed by atoms with Gasteiger partial charge in [0.2, 0.25) is 0 Å². The van der Waals surface area contributed by atoms with Crippen LogP contribution >= 0.6 is 15.9 Å². The Bertz CT molecular complexity index is 170. The third kappa shape index (κ3) is 14.0. The minimum atomic E-state index is 1.12. The SMILES string of the molecule is CCCCC/C=C\C/C=C\CCCCCBr. The molecule has 0 aromatic heterocycles. The summed E-state index contributed by atoms with van der Waals surface area (Å²) in [6, 6.07) is 0. The van der Waals surface area contributed by atoms with Crippen molar-refractivity contribution in [1.29, 1.82) is 0 Å². The first-order valence-corrected chi connectivity index (χ1v) is 7.90. The zero-order valence-electron chi connectivity index (χ0n) is 10.8. The number of allylic oxidation sites excluding steroid dienone is 4. The molecular weight excluding hydrogens is 260 g/mol. The lowest BCUT2D eigenvalue weighted by Crippen LogP contribution is -1.75. The van der Waals surface area contributed by atoms with Crippen LogP contribution in [0.3, 0.4) is 0 Å². The van der Waals surface area contributed by atoms with Crippen LogP contribution in [0.2, 0.25) is 0 Å². The average molecular weight is 287 g/mol. The Morgan fingerprint density at radius 2 is 1.38 bits per heavy atom. The lowest BCUT2D eigenvalue weighted by Gasteiger charge is -1.93. The monoisotopic (exact) mass is 286 g/mol. The number of hydrogen-bond acceptors (Lipinski definition) is 0. The van der Waals surface area contributed by atoms with Crippen LogP contribution in [-0.4, -0.2) is 5.33 Å². The molecule has 0 nitrogen and oxygen atoms in total. The molecule has 0 saturated carbocycles. The smallest absolute Gasteiger partial charge is 0.00313 e. The zero-order valence-corrected chi connectivity index (χ0v) is 12.3. The van der Waals surface area contributed by atoms with Gasteiger partial charge in [0, 0.05) is 5.33 Å². The van der Waals surface area contributed by atoms with Crippen LogP contribution in [0.5, 0.6) is 0 Å². The minimum Gasteiger partial charge on any atom is -0.0928 e. The maximum absolute atomic E-state index is 3.45. The summed E-state index contributed by atoms with van der Waals surface area (Å²) in [5.41, 5.74) is 0. The number of alkyl halides is 1. The Morgan fingerprint density at radius 1 is 0.750 bits per heavy atom. The van der Waals surface area contributed by atoms with Crippen molar-refractivity contribution in [2.45, 2.75) is 64.7 Å². The molecule has 0 radical (unpaired) electrons. The molecule has 16 heavy (non-hydrogen) atoms. The third-order valence-corrected chi connectivity index (χ3v) is 3.14. The van der Waals surface area contributed by atoms with E-state index in [1.165, 1.54) is 51.4 Å². The van der Waals surface area contributed by atoms with E-state index >= 15 is 0 Å². The van der Waals surface area contributed by atoms with Gasteiger partial charge in [0.05, 0.1) is 0 Å². The molecule has 0 fully saturated rings. The van der Waals surface area contributed by atoms with Crippen LogP contribution < -0.4 is 0 Å². The van der Waals surface area contributed by atoms with E-state index in [0.29, 0.717) is 0 Å². The molecule has 1 heteroatoms. The maximum Gasteiger partial charge on any atom is 0.00313 e. The summed E-state index contributed by atoms with van der Waals surface area (Å²) in [5, 5.41) is 1.15. The second-order valence-electron chi connectivity index (χ2n) is 4.21. The van der Waals surface area contributed by atoms with Gasteiger partial charge in [-0.3, -0.25) is 0 Å². The topological polar surface area (TPSA) is 0 Å². The number of rotatable bonds is 11. The van der Waals surface area contributed by atoms with Crippen LogP contribution in [-0.2, 0) is 0 Å². The Balaban J connectivity index is 3.14. The molecule has 94 valence electrons. The molecule has 0 amide bonds. The Morgan fingerprint density at radius 3 is 1.94 bits per heavy atom. The first kappa shape index (κ1) is 16.0. The lowest BCUT2D eigenvalue weighted by atomic mass is 10.2. The summed E-state index contributed by atoms with van der Waals surface area (Å²) in [4.78, 5) is 0. The van der Waals surface area contributed by atoms with Gasteiger partial charge in [-0.2, -0.15) is 0 Å². The van der Waals surface area contributed by atoms with Gasteiger partial charge in [-0.05, 0) is 38.5 Å². The van der Waals surface area contributed by atoms with Crippen molar-refractivity contribution < 1.29 is 0 Å². The van der Waals surface area contributed by atoms with E-state index in [2.05, 4.69) is 47.2 Å². The fourth-order valence-electron chi connectivity index (χ4n) is 1.55. The van der Waals surface area contributed by atoms with Crippen molar-refractivity contribution in [2.24, 2.45) is 0 Å². The number of halogens is 1. The summed E-state index contributed by atoms with van der Waals surface area (Å²) in [6.45, 7) is 2.25. The normalized spacial score (nSPS) is 11.9. The highest BCUT2D eigenvalue weighted by molar-refractivity contribution is 9.09. The molecule has 0 aromatic carbocycles. The fourth-order valence-corrected chi connectivity index (χ4v) is 1.95. The Labute approximate surface area is 110 Å². The molecule has 0 heterocycles. The molecule has 0 atom stereocenters. The first-order chi connectivity index (χ1) is 7.91. The molecule has 0 bridgehead atoms. The Kier molecular flexibility index (Phi) is 14.9. The molecular formula is C15H27Br. The molecule has 0 rings (SSSR count). The predicted molar refractivity (Wildman–Crippen MR) is 79.3 cm³/mol. The van der Waals surface area contributed by atoms with Gasteiger partial charge in [0.15, 0.2) is 0 Å². The molecule has 0 unspecified atom stereocenters. The van der Waals surface area contributed by atoms with E-state index in [0.717, 1.165) is 11.8 Å². The van der Waals surface area contributed by atoms with Crippen molar-refractivity contribution in [3.63, 3.8) is 0 Å². The molecule has 0 aliphatic carbocycles. The Hall–Kier alpha value is -0.0400. The van der Waals surface area contributed by atoms with Crippen molar-refractivity contribution in [3.8, 4) is 0 Å². The predicted octanol–water partition coefficient (Wildman–Crippen LogP) is 6.02. The minimum absolute atomic E-state index is 1.12. The molecule has 0 aromatic rings. The molecule has 0 aliphatic rings. The summed E-state index contributed by atoms with van der Waals surface area (Å²) in [5.74, 6) is 0. The van der Waals surface area contributed by atoms with E-state index in [1.807, 2.05) is 0 Å². The summed E-state index contributed by atoms with van der Waals surface area (Å²) < 4.78 is 0. The van der Waals surface area contributed by atoms with Crippen molar-refractivity contribution in [2.75, 3.05) is 5.33 Å². The van der Waals surface area contributed by atoms with Crippen molar-refractivity contribution in [3.05, 3.63) is 24.3 Å². The zero-order chi connectivity index (χ0) is 11.9. The van der Waals surface area contributed by atoms with Gasteiger partial charge in [0.1, 0.15) is 0 Å². The number of hydrogen-bond donors (Lipinski definition) is 0. The van der Waals surface area contributed by atoms with Crippen LogP contribution in [0.1, 0.15) is 64.7 Å². The van der Waals surface area contributed by atoms with E-state index in [1.54, 1.807) is 0 Å².